The summed E-state index contributed by atoms with van der Waals surface area (Å²) in [5.41, 5.74) is 0. The predicted molar refractivity (Wildman–Crippen MR) is 53.4 cm³/mol. The van der Waals surface area contributed by atoms with Gasteiger partial charge in [-0.2, -0.15) is 0 Å². The number of rotatable bonds is 3. The minimum atomic E-state index is -1.06. The minimum absolute atomic E-state index is 0.230. The molecule has 0 saturated carbocycles. The Balaban J connectivity index is 2.65. The lowest BCUT2D eigenvalue weighted by molar-refractivity contribution is -0.140. The van der Waals surface area contributed by atoms with Crippen LogP contribution >= 0.6 is 0 Å². The number of hydrogen-bond acceptors (Lipinski definition) is 3. The van der Waals surface area contributed by atoms with Crippen LogP contribution in [0.2, 0.25) is 0 Å². The molecule has 0 aromatic rings. The Kier molecular flexibility index (Phi) is 3.91. The molecule has 2 N–H and O–H groups in total. The number of methoxy groups -OCH3 is 1. The lowest BCUT2D eigenvalue weighted by atomic mass is 9.93. The van der Waals surface area contributed by atoms with Crippen molar-refractivity contribution in [2.45, 2.75) is 12.5 Å². The number of nitrogens with one attached hydrogen (secondary N) is 1. The number of carbonyl (C=O) groups is 2. The van der Waals surface area contributed by atoms with E-state index in [9.17, 15) is 9.59 Å². The van der Waals surface area contributed by atoms with Gasteiger partial charge in [0.25, 0.3) is 0 Å². The fourth-order valence-corrected chi connectivity index (χ4v) is 1.38. The first-order valence-corrected chi connectivity index (χ1v) is 4.55. The molecule has 0 saturated heterocycles. The van der Waals surface area contributed by atoms with Crippen molar-refractivity contribution in [1.29, 1.82) is 0 Å². The van der Waals surface area contributed by atoms with Crippen molar-refractivity contribution >= 4 is 12.1 Å². The molecule has 0 radical (unpaired) electrons. The molecule has 82 valence electrons. The van der Waals surface area contributed by atoms with Crippen LogP contribution in [-0.2, 0) is 9.53 Å². The largest absolute Gasteiger partial charge is 0.480 e. The van der Waals surface area contributed by atoms with Gasteiger partial charge in [-0.05, 0) is 6.42 Å². The van der Waals surface area contributed by atoms with Gasteiger partial charge >= 0.3 is 12.1 Å². The van der Waals surface area contributed by atoms with Gasteiger partial charge in [0.15, 0.2) is 0 Å². The molecule has 1 aliphatic rings. The van der Waals surface area contributed by atoms with Crippen LogP contribution in [0.5, 0.6) is 0 Å². The molecule has 0 spiro atoms. The van der Waals surface area contributed by atoms with Crippen molar-refractivity contribution in [2.75, 3.05) is 7.11 Å². The Morgan fingerprint density at radius 2 is 2.27 bits per heavy atom. The molecule has 0 aromatic carbocycles. The number of carboxylic acid groups (broad SMARTS) is 1. The first kappa shape index (κ1) is 11.3. The zero-order valence-electron chi connectivity index (χ0n) is 8.34. The highest BCUT2D eigenvalue weighted by atomic mass is 16.5. The summed E-state index contributed by atoms with van der Waals surface area (Å²) in [6.07, 6.45) is 7.09. The second-order valence-corrected chi connectivity index (χ2v) is 3.16. The first-order chi connectivity index (χ1) is 7.15. The molecule has 0 bridgehead atoms. The van der Waals surface area contributed by atoms with Gasteiger partial charge in [-0.25, -0.2) is 9.59 Å². The minimum Gasteiger partial charge on any atom is -0.480 e. The normalized spacial score (nSPS) is 20.7. The highest BCUT2D eigenvalue weighted by molar-refractivity contribution is 5.80. The summed E-state index contributed by atoms with van der Waals surface area (Å²) in [6.45, 7) is 0. The number of aliphatic carboxylic acids is 1. The fourth-order valence-electron chi connectivity index (χ4n) is 1.38. The van der Waals surface area contributed by atoms with Crippen LogP contribution in [0.4, 0.5) is 4.79 Å². The van der Waals surface area contributed by atoms with Crippen LogP contribution < -0.4 is 5.32 Å². The second kappa shape index (κ2) is 5.19. The fraction of sp³-hybridized carbons (Fsp3) is 0.400. The van der Waals surface area contributed by atoms with Gasteiger partial charge < -0.3 is 15.2 Å². The Hall–Kier alpha value is -1.78. The average molecular weight is 211 g/mol. The molecule has 2 unspecified atom stereocenters. The SMILES string of the molecule is COC(=O)NC(C(=O)O)C1C=CC=CC1. The van der Waals surface area contributed by atoms with Gasteiger partial charge in [0.05, 0.1) is 7.11 Å². The lowest BCUT2D eigenvalue weighted by Crippen LogP contribution is -2.45. The lowest BCUT2D eigenvalue weighted by Gasteiger charge is -2.21. The van der Waals surface area contributed by atoms with Gasteiger partial charge in [0.1, 0.15) is 6.04 Å². The molecule has 0 aromatic heterocycles. The molecule has 0 aliphatic heterocycles. The van der Waals surface area contributed by atoms with Crippen LogP contribution in [0.15, 0.2) is 24.3 Å². The summed E-state index contributed by atoms with van der Waals surface area (Å²) in [4.78, 5) is 21.9. The molecular formula is C10H13NO4. The summed E-state index contributed by atoms with van der Waals surface area (Å²) in [5, 5.41) is 11.2. The maximum absolute atomic E-state index is 10.9. The smallest absolute Gasteiger partial charge is 0.407 e. The van der Waals surface area contributed by atoms with Crippen molar-refractivity contribution in [3.05, 3.63) is 24.3 Å². The predicted octanol–water partition coefficient (Wildman–Crippen LogP) is 0.928. The van der Waals surface area contributed by atoms with Crippen LogP contribution in [0, 0.1) is 5.92 Å². The van der Waals surface area contributed by atoms with Crippen molar-refractivity contribution in [3.8, 4) is 0 Å². The first-order valence-electron chi connectivity index (χ1n) is 4.55. The Bertz CT molecular complexity index is 309. The molecule has 0 fully saturated rings. The summed E-state index contributed by atoms with van der Waals surface area (Å²) < 4.78 is 4.37. The number of ether oxygens (including phenoxy) is 1. The van der Waals surface area contributed by atoms with E-state index in [0.717, 1.165) is 0 Å². The van der Waals surface area contributed by atoms with Crippen LogP contribution in [0.3, 0.4) is 0 Å². The van der Waals surface area contributed by atoms with Crippen molar-refractivity contribution in [3.63, 3.8) is 0 Å². The second-order valence-electron chi connectivity index (χ2n) is 3.16. The highest BCUT2D eigenvalue weighted by Crippen LogP contribution is 2.16. The molecule has 0 heterocycles. The number of hydrogen-bond donors (Lipinski definition) is 2. The van der Waals surface area contributed by atoms with E-state index < -0.39 is 18.1 Å². The number of carbonyl (C=O) groups excluding carboxylic acids is 1. The third kappa shape index (κ3) is 3.12. The average Bonchev–Trinajstić information content (AvgIpc) is 2.26. The zero-order chi connectivity index (χ0) is 11.3. The standard InChI is InChI=1S/C10H13NO4/c1-15-10(14)11-8(9(12)13)7-5-3-2-4-6-7/h2-5,7-8H,6H2,1H3,(H,11,14)(H,12,13). The molecular weight excluding hydrogens is 198 g/mol. The number of amides is 1. The molecule has 1 amide bonds. The van der Waals surface area contributed by atoms with E-state index in [2.05, 4.69) is 10.1 Å². The Morgan fingerprint density at radius 3 is 2.73 bits per heavy atom. The van der Waals surface area contributed by atoms with Crippen molar-refractivity contribution < 1.29 is 19.4 Å². The quantitative estimate of drug-likeness (QED) is 0.728. The van der Waals surface area contributed by atoms with Crippen LogP contribution in [-0.4, -0.2) is 30.3 Å². The Morgan fingerprint density at radius 1 is 1.53 bits per heavy atom. The van der Waals surface area contributed by atoms with E-state index in [0.29, 0.717) is 6.42 Å². The molecule has 2 atom stereocenters. The van der Waals surface area contributed by atoms with E-state index in [1.54, 1.807) is 12.2 Å². The van der Waals surface area contributed by atoms with E-state index in [1.807, 2.05) is 12.2 Å². The maximum Gasteiger partial charge on any atom is 0.407 e. The Labute approximate surface area is 87.4 Å². The van der Waals surface area contributed by atoms with Gasteiger partial charge in [-0.1, -0.05) is 24.3 Å². The van der Waals surface area contributed by atoms with Gasteiger partial charge in [-0.15, -0.1) is 0 Å². The molecule has 5 nitrogen and oxygen atoms in total. The van der Waals surface area contributed by atoms with E-state index in [1.165, 1.54) is 7.11 Å². The molecule has 5 heteroatoms. The zero-order valence-corrected chi connectivity index (χ0v) is 8.34. The monoisotopic (exact) mass is 211 g/mol. The van der Waals surface area contributed by atoms with Crippen molar-refractivity contribution in [2.24, 2.45) is 5.92 Å². The summed E-state index contributed by atoms with van der Waals surface area (Å²) in [7, 11) is 1.20. The maximum atomic E-state index is 10.9. The molecule has 1 rings (SSSR count). The van der Waals surface area contributed by atoms with Crippen LogP contribution in [0.1, 0.15) is 6.42 Å². The molecule has 15 heavy (non-hydrogen) atoms. The summed E-state index contributed by atoms with van der Waals surface area (Å²) in [6, 6.07) is -0.946. The topological polar surface area (TPSA) is 75.6 Å². The van der Waals surface area contributed by atoms with Gasteiger partial charge in [0, 0.05) is 5.92 Å². The molecule has 1 aliphatic carbocycles. The highest BCUT2D eigenvalue weighted by Gasteiger charge is 2.28. The van der Waals surface area contributed by atoms with Gasteiger partial charge in [-0.3, -0.25) is 0 Å². The van der Waals surface area contributed by atoms with Crippen molar-refractivity contribution in [1.82, 2.24) is 5.32 Å². The summed E-state index contributed by atoms with van der Waals surface area (Å²) in [5.74, 6) is -1.29. The number of alkyl carbamates (subject to hydrolysis) is 1. The third-order valence-electron chi connectivity index (χ3n) is 2.17. The van der Waals surface area contributed by atoms with E-state index >= 15 is 0 Å². The van der Waals surface area contributed by atoms with Gasteiger partial charge in [0.2, 0.25) is 0 Å². The number of allylic oxidation sites excluding steroid dienone is 3. The van der Waals surface area contributed by atoms with Crippen LogP contribution in [0.25, 0.3) is 0 Å². The van der Waals surface area contributed by atoms with E-state index in [4.69, 9.17) is 5.11 Å². The van der Waals surface area contributed by atoms with E-state index in [-0.39, 0.29) is 5.92 Å². The third-order valence-corrected chi connectivity index (χ3v) is 2.17. The number of carboxylic acids is 1. The summed E-state index contributed by atoms with van der Waals surface area (Å²) >= 11 is 0.